The highest BCUT2D eigenvalue weighted by Crippen LogP contribution is 2.27. The molecule has 2 aliphatic rings. The predicted octanol–water partition coefficient (Wildman–Crippen LogP) is 1.63. The zero-order valence-corrected chi connectivity index (χ0v) is 14.1. The molecule has 2 saturated heterocycles. The third kappa shape index (κ3) is 3.54. The molecule has 25 heavy (non-hydrogen) atoms. The summed E-state index contributed by atoms with van der Waals surface area (Å²) in [6.07, 6.45) is 2.12. The second-order valence-corrected chi connectivity index (χ2v) is 6.88. The first-order valence-electron chi connectivity index (χ1n) is 8.84. The Balaban J connectivity index is 1.37. The van der Waals surface area contributed by atoms with Crippen LogP contribution in [0.1, 0.15) is 12.8 Å². The largest absolute Gasteiger partial charge is 0.484 e. The first kappa shape index (κ1) is 16.1. The Kier molecular flexibility index (Phi) is 4.44. The summed E-state index contributed by atoms with van der Waals surface area (Å²) in [5.41, 5.74) is 0.0675. The van der Waals surface area contributed by atoms with Crippen molar-refractivity contribution in [1.29, 1.82) is 0 Å². The van der Waals surface area contributed by atoms with E-state index in [4.69, 9.17) is 9.15 Å². The zero-order chi connectivity index (χ0) is 17.2. The molecule has 0 saturated carbocycles. The van der Waals surface area contributed by atoms with E-state index in [2.05, 4.69) is 5.32 Å². The number of ether oxygens (including phenoxy) is 1. The molecule has 1 amide bonds. The summed E-state index contributed by atoms with van der Waals surface area (Å²) in [6, 6.07) is 8.35. The summed E-state index contributed by atoms with van der Waals surface area (Å²) in [5.74, 6) is 1.94. The molecule has 2 aliphatic heterocycles. The first-order chi connectivity index (χ1) is 12.2. The molecule has 0 radical (unpaired) electrons. The number of likely N-dealkylation sites (tertiary alicyclic amines) is 1. The van der Waals surface area contributed by atoms with Gasteiger partial charge in [-0.1, -0.05) is 0 Å². The first-order valence-corrected chi connectivity index (χ1v) is 8.84. The molecule has 0 aliphatic carbocycles. The molecule has 0 spiro atoms. The molecule has 2 fully saturated rings. The standard InChI is InChI=1S/C19H22N2O4/c22-18(21-7-5-14-10-20-11-15(14)6-8-21)12-24-16-3-1-13-2-4-19(23)25-17(13)9-16/h1-4,9,14-15,20H,5-8,10-12H2/t14-,15+. The maximum absolute atomic E-state index is 12.5. The minimum atomic E-state index is -0.398. The van der Waals surface area contributed by atoms with Crippen LogP contribution >= 0.6 is 0 Å². The SMILES string of the molecule is O=C(COc1ccc2ccc(=O)oc2c1)N1CC[C@@H]2CNC[C@@H]2CC1. The molecule has 1 N–H and O–H groups in total. The highest BCUT2D eigenvalue weighted by molar-refractivity contribution is 5.79. The normalized spacial score (nSPS) is 23.3. The van der Waals surface area contributed by atoms with Gasteiger partial charge in [0.2, 0.25) is 0 Å². The summed E-state index contributed by atoms with van der Waals surface area (Å²) < 4.78 is 10.8. The van der Waals surface area contributed by atoms with E-state index >= 15 is 0 Å². The van der Waals surface area contributed by atoms with Gasteiger partial charge in [-0.3, -0.25) is 4.79 Å². The number of rotatable bonds is 3. The fourth-order valence-electron chi connectivity index (χ4n) is 3.83. The van der Waals surface area contributed by atoms with E-state index in [1.54, 1.807) is 18.2 Å². The molecule has 4 rings (SSSR count). The van der Waals surface area contributed by atoms with Crippen LogP contribution < -0.4 is 15.7 Å². The Morgan fingerprint density at radius 3 is 2.64 bits per heavy atom. The van der Waals surface area contributed by atoms with Gasteiger partial charge in [0.1, 0.15) is 11.3 Å². The molecular weight excluding hydrogens is 320 g/mol. The number of fused-ring (bicyclic) bond motifs is 2. The van der Waals surface area contributed by atoms with Crippen LogP contribution in [0.25, 0.3) is 11.0 Å². The van der Waals surface area contributed by atoms with Crippen LogP contribution in [-0.2, 0) is 4.79 Å². The Labute approximate surface area is 145 Å². The van der Waals surface area contributed by atoms with Crippen molar-refractivity contribution in [3.8, 4) is 5.75 Å². The number of amides is 1. The third-order valence-corrected chi connectivity index (χ3v) is 5.33. The minimum absolute atomic E-state index is 0.0101. The van der Waals surface area contributed by atoms with Gasteiger partial charge in [-0.15, -0.1) is 0 Å². The Hall–Kier alpha value is -2.34. The molecule has 6 heteroatoms. The quantitative estimate of drug-likeness (QED) is 0.859. The van der Waals surface area contributed by atoms with Crippen molar-refractivity contribution in [3.05, 3.63) is 40.8 Å². The molecule has 132 valence electrons. The highest BCUT2D eigenvalue weighted by Gasteiger charge is 2.31. The van der Waals surface area contributed by atoms with Crippen LogP contribution in [0.3, 0.4) is 0 Å². The maximum atomic E-state index is 12.5. The Bertz CT molecular complexity index is 818. The second kappa shape index (κ2) is 6.88. The van der Waals surface area contributed by atoms with E-state index in [0.717, 1.165) is 44.4 Å². The van der Waals surface area contributed by atoms with Crippen molar-refractivity contribution >= 4 is 16.9 Å². The van der Waals surface area contributed by atoms with E-state index in [9.17, 15) is 9.59 Å². The number of nitrogens with zero attached hydrogens (tertiary/aromatic N) is 1. The van der Waals surface area contributed by atoms with Crippen molar-refractivity contribution in [2.75, 3.05) is 32.8 Å². The number of nitrogens with one attached hydrogen (secondary N) is 1. The molecule has 1 aromatic heterocycles. The molecule has 3 heterocycles. The minimum Gasteiger partial charge on any atom is -0.484 e. The van der Waals surface area contributed by atoms with Gasteiger partial charge in [-0.25, -0.2) is 4.79 Å². The molecule has 0 bridgehead atoms. The van der Waals surface area contributed by atoms with Crippen LogP contribution in [0.2, 0.25) is 0 Å². The van der Waals surface area contributed by atoms with E-state index in [1.165, 1.54) is 6.07 Å². The van der Waals surface area contributed by atoms with Gasteiger partial charge in [0.05, 0.1) is 0 Å². The number of hydrogen-bond donors (Lipinski definition) is 1. The predicted molar refractivity (Wildman–Crippen MR) is 93.6 cm³/mol. The van der Waals surface area contributed by atoms with Gasteiger partial charge in [-0.2, -0.15) is 0 Å². The van der Waals surface area contributed by atoms with Crippen LogP contribution in [0, 0.1) is 11.8 Å². The molecule has 2 atom stereocenters. The third-order valence-electron chi connectivity index (χ3n) is 5.33. The number of hydrogen-bond acceptors (Lipinski definition) is 5. The lowest BCUT2D eigenvalue weighted by Gasteiger charge is -2.21. The van der Waals surface area contributed by atoms with Gasteiger partial charge in [0.15, 0.2) is 6.61 Å². The summed E-state index contributed by atoms with van der Waals surface area (Å²) in [4.78, 5) is 25.7. The molecule has 2 aromatic rings. The molecule has 0 unspecified atom stereocenters. The fourth-order valence-corrected chi connectivity index (χ4v) is 3.83. The van der Waals surface area contributed by atoms with Crippen LogP contribution in [-0.4, -0.2) is 43.6 Å². The monoisotopic (exact) mass is 342 g/mol. The Morgan fingerprint density at radius 2 is 1.88 bits per heavy atom. The zero-order valence-electron chi connectivity index (χ0n) is 14.1. The smallest absolute Gasteiger partial charge is 0.336 e. The molecule has 1 aromatic carbocycles. The van der Waals surface area contributed by atoms with Gasteiger partial charge >= 0.3 is 5.63 Å². The maximum Gasteiger partial charge on any atom is 0.336 e. The molecular formula is C19H22N2O4. The van der Waals surface area contributed by atoms with E-state index in [0.29, 0.717) is 23.2 Å². The van der Waals surface area contributed by atoms with Crippen LogP contribution in [0.5, 0.6) is 5.75 Å². The summed E-state index contributed by atoms with van der Waals surface area (Å²) >= 11 is 0. The highest BCUT2D eigenvalue weighted by atomic mass is 16.5. The van der Waals surface area contributed by atoms with Crippen molar-refractivity contribution in [2.45, 2.75) is 12.8 Å². The van der Waals surface area contributed by atoms with Gasteiger partial charge < -0.3 is 19.4 Å². The van der Waals surface area contributed by atoms with Crippen LogP contribution in [0.4, 0.5) is 0 Å². The van der Waals surface area contributed by atoms with Gasteiger partial charge in [0.25, 0.3) is 5.91 Å². The van der Waals surface area contributed by atoms with E-state index in [-0.39, 0.29) is 12.5 Å². The number of carbonyl (C=O) groups is 1. The van der Waals surface area contributed by atoms with Crippen LogP contribution in [0.15, 0.2) is 39.5 Å². The summed E-state index contributed by atoms with van der Waals surface area (Å²) in [6.45, 7) is 3.77. The summed E-state index contributed by atoms with van der Waals surface area (Å²) in [7, 11) is 0. The number of benzene rings is 1. The van der Waals surface area contributed by atoms with Gasteiger partial charge in [-0.05, 0) is 56.0 Å². The molecule has 6 nitrogen and oxygen atoms in total. The van der Waals surface area contributed by atoms with E-state index < -0.39 is 5.63 Å². The lowest BCUT2D eigenvalue weighted by atomic mass is 9.92. The fraction of sp³-hybridized carbons (Fsp3) is 0.474. The van der Waals surface area contributed by atoms with Gasteiger partial charge in [0, 0.05) is 30.6 Å². The van der Waals surface area contributed by atoms with Crippen molar-refractivity contribution in [1.82, 2.24) is 10.2 Å². The average Bonchev–Trinajstić information content (AvgIpc) is 2.97. The van der Waals surface area contributed by atoms with E-state index in [1.807, 2.05) is 11.0 Å². The lowest BCUT2D eigenvalue weighted by Crippen LogP contribution is -2.36. The average molecular weight is 342 g/mol. The number of carbonyl (C=O) groups excluding carboxylic acids is 1. The second-order valence-electron chi connectivity index (χ2n) is 6.88. The topological polar surface area (TPSA) is 71.8 Å². The Morgan fingerprint density at radius 1 is 1.16 bits per heavy atom. The lowest BCUT2D eigenvalue weighted by molar-refractivity contribution is -0.133. The van der Waals surface area contributed by atoms with Crippen molar-refractivity contribution in [3.63, 3.8) is 0 Å². The van der Waals surface area contributed by atoms with Crippen molar-refractivity contribution in [2.24, 2.45) is 11.8 Å². The summed E-state index contributed by atoms with van der Waals surface area (Å²) in [5, 5.41) is 4.27. The van der Waals surface area contributed by atoms with Crippen molar-refractivity contribution < 1.29 is 13.9 Å².